The Labute approximate surface area is 84.2 Å². The summed E-state index contributed by atoms with van der Waals surface area (Å²) in [6, 6.07) is 3.66. The second-order valence-electron chi connectivity index (χ2n) is 3.26. The molecule has 4 nitrogen and oxygen atoms in total. The fourth-order valence-electron chi connectivity index (χ4n) is 1.23. The van der Waals surface area contributed by atoms with E-state index in [2.05, 4.69) is 10.3 Å². The van der Waals surface area contributed by atoms with Gasteiger partial charge in [0, 0.05) is 12.7 Å². The number of pyridine rings is 1. The lowest BCUT2D eigenvalue weighted by Crippen LogP contribution is -2.19. The Morgan fingerprint density at radius 1 is 1.64 bits per heavy atom. The highest BCUT2D eigenvalue weighted by Crippen LogP contribution is 2.13. The molecule has 0 aliphatic carbocycles. The van der Waals surface area contributed by atoms with Crippen molar-refractivity contribution >= 4 is 11.5 Å². The molecule has 0 bridgehead atoms. The van der Waals surface area contributed by atoms with Gasteiger partial charge in [-0.25, -0.2) is 4.98 Å². The molecule has 0 radical (unpaired) electrons. The Kier molecular flexibility index (Phi) is 4.19. The Morgan fingerprint density at radius 2 is 2.43 bits per heavy atom. The van der Waals surface area contributed by atoms with Crippen LogP contribution in [0, 0.1) is 0 Å². The molecule has 1 atom stereocenters. The zero-order valence-electron chi connectivity index (χ0n) is 8.40. The highest BCUT2D eigenvalue weighted by molar-refractivity contribution is 5.60. The molecule has 0 spiro atoms. The predicted octanol–water partition coefficient (Wildman–Crippen LogP) is 1.24. The molecule has 4 N–H and O–H groups in total. The summed E-state index contributed by atoms with van der Waals surface area (Å²) >= 11 is 0. The highest BCUT2D eigenvalue weighted by atomic mass is 16.3. The number of nitrogens with one attached hydrogen (secondary N) is 1. The number of hydrogen-bond donors (Lipinski definition) is 3. The third kappa shape index (κ3) is 3.22. The molecule has 1 rings (SSSR count). The highest BCUT2D eigenvalue weighted by Gasteiger charge is 2.03. The molecule has 0 aliphatic heterocycles. The van der Waals surface area contributed by atoms with Crippen LogP contribution in [0.4, 0.5) is 11.5 Å². The van der Waals surface area contributed by atoms with Crippen LogP contribution in [0.25, 0.3) is 0 Å². The SMILES string of the molecule is CCCC(O)CNc1cccnc1N. The first-order valence-corrected chi connectivity index (χ1v) is 4.86. The maximum absolute atomic E-state index is 9.48. The molecule has 0 saturated heterocycles. The van der Waals surface area contributed by atoms with Crippen molar-refractivity contribution in [2.75, 3.05) is 17.6 Å². The first kappa shape index (κ1) is 10.8. The van der Waals surface area contributed by atoms with Gasteiger partial charge < -0.3 is 16.2 Å². The summed E-state index contributed by atoms with van der Waals surface area (Å²) in [7, 11) is 0. The Balaban J connectivity index is 2.41. The van der Waals surface area contributed by atoms with E-state index in [0.29, 0.717) is 12.4 Å². The van der Waals surface area contributed by atoms with E-state index >= 15 is 0 Å². The van der Waals surface area contributed by atoms with Gasteiger partial charge >= 0.3 is 0 Å². The minimum atomic E-state index is -0.320. The van der Waals surface area contributed by atoms with Gasteiger partial charge in [0.2, 0.25) is 0 Å². The first-order valence-electron chi connectivity index (χ1n) is 4.86. The van der Waals surface area contributed by atoms with E-state index in [0.717, 1.165) is 18.5 Å². The van der Waals surface area contributed by atoms with Crippen molar-refractivity contribution in [3.8, 4) is 0 Å². The van der Waals surface area contributed by atoms with Gasteiger partial charge in [-0.1, -0.05) is 13.3 Å². The van der Waals surface area contributed by atoms with Crippen molar-refractivity contribution in [1.29, 1.82) is 0 Å². The Hall–Kier alpha value is -1.29. The van der Waals surface area contributed by atoms with Crippen LogP contribution >= 0.6 is 0 Å². The van der Waals surface area contributed by atoms with Crippen molar-refractivity contribution in [2.45, 2.75) is 25.9 Å². The molecule has 0 saturated carbocycles. The summed E-state index contributed by atoms with van der Waals surface area (Å²) < 4.78 is 0. The van der Waals surface area contributed by atoms with Crippen LogP contribution in [0.2, 0.25) is 0 Å². The molecule has 0 aliphatic rings. The Bertz CT molecular complexity index is 278. The van der Waals surface area contributed by atoms with Crippen molar-refractivity contribution < 1.29 is 5.11 Å². The van der Waals surface area contributed by atoms with Crippen molar-refractivity contribution in [3.05, 3.63) is 18.3 Å². The second kappa shape index (κ2) is 5.44. The monoisotopic (exact) mass is 195 g/mol. The molecule has 78 valence electrons. The third-order valence-electron chi connectivity index (χ3n) is 1.99. The molecular formula is C10H17N3O. The lowest BCUT2D eigenvalue weighted by molar-refractivity contribution is 0.176. The van der Waals surface area contributed by atoms with Gasteiger partial charge in [0.25, 0.3) is 0 Å². The average molecular weight is 195 g/mol. The van der Waals surface area contributed by atoms with E-state index in [4.69, 9.17) is 5.73 Å². The fraction of sp³-hybridized carbons (Fsp3) is 0.500. The van der Waals surface area contributed by atoms with E-state index in [1.165, 1.54) is 0 Å². The summed E-state index contributed by atoms with van der Waals surface area (Å²) in [6.45, 7) is 2.56. The smallest absolute Gasteiger partial charge is 0.146 e. The number of aliphatic hydroxyl groups is 1. The lowest BCUT2D eigenvalue weighted by atomic mass is 10.2. The van der Waals surface area contributed by atoms with Crippen LogP contribution in [0.1, 0.15) is 19.8 Å². The molecule has 1 heterocycles. The number of aliphatic hydroxyl groups excluding tert-OH is 1. The number of nitrogens with zero attached hydrogens (tertiary/aromatic N) is 1. The van der Waals surface area contributed by atoms with Gasteiger partial charge in [-0.15, -0.1) is 0 Å². The van der Waals surface area contributed by atoms with Gasteiger partial charge in [0.1, 0.15) is 5.82 Å². The van der Waals surface area contributed by atoms with E-state index in [9.17, 15) is 5.11 Å². The zero-order valence-corrected chi connectivity index (χ0v) is 8.40. The first-order chi connectivity index (χ1) is 6.74. The normalized spacial score (nSPS) is 12.4. The minimum absolute atomic E-state index is 0.320. The maximum Gasteiger partial charge on any atom is 0.146 e. The van der Waals surface area contributed by atoms with Crippen LogP contribution in [0.5, 0.6) is 0 Å². The summed E-state index contributed by atoms with van der Waals surface area (Å²) in [6.07, 6.45) is 3.10. The molecule has 0 aromatic carbocycles. The van der Waals surface area contributed by atoms with E-state index in [1.54, 1.807) is 6.20 Å². The second-order valence-corrected chi connectivity index (χ2v) is 3.26. The maximum atomic E-state index is 9.48. The average Bonchev–Trinajstić information content (AvgIpc) is 2.17. The molecule has 1 unspecified atom stereocenters. The predicted molar refractivity (Wildman–Crippen MR) is 58.1 cm³/mol. The summed E-state index contributed by atoms with van der Waals surface area (Å²) in [4.78, 5) is 3.94. The van der Waals surface area contributed by atoms with Gasteiger partial charge in [0.05, 0.1) is 11.8 Å². The largest absolute Gasteiger partial charge is 0.391 e. The lowest BCUT2D eigenvalue weighted by Gasteiger charge is -2.12. The number of rotatable bonds is 5. The van der Waals surface area contributed by atoms with Gasteiger partial charge in [-0.2, -0.15) is 0 Å². The molecular weight excluding hydrogens is 178 g/mol. The summed E-state index contributed by atoms with van der Waals surface area (Å²) in [5.74, 6) is 0.469. The van der Waals surface area contributed by atoms with Crippen LogP contribution in [0.15, 0.2) is 18.3 Å². The zero-order chi connectivity index (χ0) is 10.4. The molecule has 14 heavy (non-hydrogen) atoms. The number of hydrogen-bond acceptors (Lipinski definition) is 4. The number of nitrogens with two attached hydrogens (primary N) is 1. The quantitative estimate of drug-likeness (QED) is 0.661. The van der Waals surface area contributed by atoms with Crippen molar-refractivity contribution in [2.24, 2.45) is 0 Å². The molecule has 1 aromatic heterocycles. The van der Waals surface area contributed by atoms with E-state index in [-0.39, 0.29) is 6.10 Å². The summed E-state index contributed by atoms with van der Waals surface area (Å²) in [5.41, 5.74) is 6.41. The topological polar surface area (TPSA) is 71.2 Å². The van der Waals surface area contributed by atoms with Gasteiger partial charge in [0.15, 0.2) is 0 Å². The van der Waals surface area contributed by atoms with Gasteiger partial charge in [-0.05, 0) is 18.6 Å². The van der Waals surface area contributed by atoms with E-state index < -0.39 is 0 Å². The van der Waals surface area contributed by atoms with Crippen LogP contribution in [-0.2, 0) is 0 Å². The molecule has 4 heteroatoms. The van der Waals surface area contributed by atoms with Crippen molar-refractivity contribution in [1.82, 2.24) is 4.98 Å². The minimum Gasteiger partial charge on any atom is -0.391 e. The van der Waals surface area contributed by atoms with Crippen LogP contribution < -0.4 is 11.1 Å². The third-order valence-corrected chi connectivity index (χ3v) is 1.99. The number of aromatic nitrogens is 1. The standard InChI is InChI=1S/C10H17N3O/c1-2-4-8(14)7-13-9-5-3-6-12-10(9)11/h3,5-6,8,13-14H,2,4,7H2,1H3,(H2,11,12). The van der Waals surface area contributed by atoms with Crippen LogP contribution in [0.3, 0.4) is 0 Å². The number of nitrogen functional groups attached to an aromatic ring is 1. The summed E-state index contributed by atoms with van der Waals surface area (Å²) in [5, 5.41) is 12.5. The molecule has 0 fully saturated rings. The molecule has 1 aromatic rings. The Morgan fingerprint density at radius 3 is 3.07 bits per heavy atom. The molecule has 0 amide bonds. The van der Waals surface area contributed by atoms with Crippen LogP contribution in [-0.4, -0.2) is 22.7 Å². The number of anilines is 2. The van der Waals surface area contributed by atoms with E-state index in [1.807, 2.05) is 19.1 Å². The van der Waals surface area contributed by atoms with Crippen molar-refractivity contribution in [3.63, 3.8) is 0 Å². The fourth-order valence-corrected chi connectivity index (χ4v) is 1.23. The van der Waals surface area contributed by atoms with Gasteiger partial charge in [-0.3, -0.25) is 0 Å².